The maximum Gasteiger partial charge on any atom is 0.256 e. The van der Waals surface area contributed by atoms with E-state index in [9.17, 15) is 9.18 Å². The number of methoxy groups -OCH3 is 1. The molecule has 0 aliphatic heterocycles. The van der Waals surface area contributed by atoms with Gasteiger partial charge in [0.15, 0.2) is 11.6 Å². The predicted molar refractivity (Wildman–Crippen MR) is 102 cm³/mol. The van der Waals surface area contributed by atoms with Gasteiger partial charge in [0, 0.05) is 18.1 Å². The SMILES string of the molecule is C=C/C(OCCN(C)C)=C(\C(=C)Cl)C(=O)NCc1ccc(OC)c(F)c1. The van der Waals surface area contributed by atoms with Crippen molar-refractivity contribution in [2.45, 2.75) is 6.54 Å². The van der Waals surface area contributed by atoms with Crippen LogP contribution in [0, 0.1) is 5.82 Å². The van der Waals surface area contributed by atoms with E-state index in [4.69, 9.17) is 21.1 Å². The minimum Gasteiger partial charge on any atom is -0.494 e. The number of hydrogen-bond donors (Lipinski definition) is 1. The predicted octanol–water partition coefficient (Wildman–Crippen LogP) is 3.22. The molecule has 0 radical (unpaired) electrons. The Kier molecular flexibility index (Phi) is 8.88. The summed E-state index contributed by atoms with van der Waals surface area (Å²) in [5.41, 5.74) is 0.666. The van der Waals surface area contributed by atoms with E-state index in [0.29, 0.717) is 18.7 Å². The Morgan fingerprint density at radius 1 is 1.42 bits per heavy atom. The molecule has 0 fully saturated rings. The van der Waals surface area contributed by atoms with E-state index in [-0.39, 0.29) is 28.7 Å². The molecule has 1 N–H and O–H groups in total. The summed E-state index contributed by atoms with van der Waals surface area (Å²) >= 11 is 5.97. The summed E-state index contributed by atoms with van der Waals surface area (Å²) in [4.78, 5) is 14.4. The minimum absolute atomic E-state index is 0.0307. The van der Waals surface area contributed by atoms with Crippen LogP contribution in [0.2, 0.25) is 0 Å². The van der Waals surface area contributed by atoms with Crippen LogP contribution in [0.4, 0.5) is 4.39 Å². The second-order valence-electron chi connectivity index (χ2n) is 5.65. The molecule has 0 saturated carbocycles. The normalized spacial score (nSPS) is 11.6. The Balaban J connectivity index is 2.87. The second kappa shape index (κ2) is 10.6. The van der Waals surface area contributed by atoms with E-state index >= 15 is 0 Å². The highest BCUT2D eigenvalue weighted by molar-refractivity contribution is 6.35. The molecule has 1 amide bonds. The molecule has 0 spiro atoms. The lowest BCUT2D eigenvalue weighted by Gasteiger charge is -2.15. The summed E-state index contributed by atoms with van der Waals surface area (Å²) in [6.45, 7) is 8.39. The average Bonchev–Trinajstić information content (AvgIpc) is 2.58. The zero-order valence-corrected chi connectivity index (χ0v) is 16.0. The van der Waals surface area contributed by atoms with E-state index in [0.717, 1.165) is 0 Å². The molecule has 1 aromatic rings. The number of nitrogens with zero attached hydrogens (tertiary/aromatic N) is 1. The van der Waals surface area contributed by atoms with Crippen LogP contribution in [0.3, 0.4) is 0 Å². The number of ether oxygens (including phenoxy) is 2. The molecule has 0 aromatic heterocycles. The van der Waals surface area contributed by atoms with Crippen molar-refractivity contribution in [3.63, 3.8) is 0 Å². The number of allylic oxidation sites excluding steroid dienone is 1. The summed E-state index contributed by atoms with van der Waals surface area (Å²) in [5.74, 6) is -0.611. The number of amides is 1. The van der Waals surface area contributed by atoms with Crippen molar-refractivity contribution in [2.75, 3.05) is 34.4 Å². The smallest absolute Gasteiger partial charge is 0.256 e. The number of carbonyl (C=O) groups excluding carboxylic acids is 1. The van der Waals surface area contributed by atoms with E-state index in [2.05, 4.69) is 18.5 Å². The first kappa shape index (κ1) is 21.7. The molecule has 7 heteroatoms. The lowest BCUT2D eigenvalue weighted by molar-refractivity contribution is -0.117. The molecule has 0 atom stereocenters. The van der Waals surface area contributed by atoms with Crippen LogP contribution in [0.15, 0.2) is 53.8 Å². The maximum atomic E-state index is 13.7. The van der Waals surface area contributed by atoms with Gasteiger partial charge in [-0.25, -0.2) is 4.39 Å². The minimum atomic E-state index is -0.504. The average molecular weight is 383 g/mol. The molecular weight excluding hydrogens is 359 g/mol. The highest BCUT2D eigenvalue weighted by Gasteiger charge is 2.18. The van der Waals surface area contributed by atoms with Gasteiger partial charge in [0.05, 0.1) is 12.7 Å². The number of halogens is 2. The first-order chi connectivity index (χ1) is 12.3. The van der Waals surface area contributed by atoms with E-state index in [1.165, 1.54) is 25.3 Å². The molecule has 0 bridgehead atoms. The summed E-state index contributed by atoms with van der Waals surface area (Å²) in [7, 11) is 5.20. The first-order valence-corrected chi connectivity index (χ1v) is 8.27. The number of rotatable bonds is 10. The van der Waals surface area contributed by atoms with Crippen LogP contribution in [0.25, 0.3) is 0 Å². The summed E-state index contributed by atoms with van der Waals surface area (Å²) in [6, 6.07) is 4.44. The lowest BCUT2D eigenvalue weighted by atomic mass is 10.1. The fourth-order valence-corrected chi connectivity index (χ4v) is 2.21. The van der Waals surface area contributed by atoms with Gasteiger partial charge in [0.25, 0.3) is 5.91 Å². The van der Waals surface area contributed by atoms with Crippen molar-refractivity contribution in [3.05, 3.63) is 65.2 Å². The van der Waals surface area contributed by atoms with Crippen LogP contribution in [-0.2, 0) is 16.1 Å². The van der Waals surface area contributed by atoms with Gasteiger partial charge in [-0.2, -0.15) is 0 Å². The largest absolute Gasteiger partial charge is 0.494 e. The summed E-state index contributed by atoms with van der Waals surface area (Å²) in [5, 5.41) is 2.70. The fraction of sp³-hybridized carbons (Fsp3) is 0.316. The highest BCUT2D eigenvalue weighted by Crippen LogP contribution is 2.20. The van der Waals surface area contributed by atoms with Crippen molar-refractivity contribution in [3.8, 4) is 5.75 Å². The molecule has 5 nitrogen and oxygen atoms in total. The van der Waals surface area contributed by atoms with Crippen molar-refractivity contribution in [1.82, 2.24) is 10.2 Å². The Hall–Kier alpha value is -2.31. The standard InChI is InChI=1S/C19H24ClFN2O3/c1-6-16(26-10-9-23(3)4)18(13(2)20)19(24)22-12-14-7-8-17(25-5)15(21)11-14/h6-8,11H,1-2,9-10,12H2,3-5H3,(H,22,24)/b18-16-. The van der Waals surface area contributed by atoms with Crippen LogP contribution < -0.4 is 10.1 Å². The van der Waals surface area contributed by atoms with Crippen molar-refractivity contribution in [1.29, 1.82) is 0 Å². The van der Waals surface area contributed by atoms with Gasteiger partial charge in [-0.15, -0.1) is 0 Å². The van der Waals surface area contributed by atoms with E-state index in [1.54, 1.807) is 6.07 Å². The summed E-state index contributed by atoms with van der Waals surface area (Å²) < 4.78 is 24.2. The third-order valence-electron chi connectivity index (χ3n) is 3.40. The van der Waals surface area contributed by atoms with Crippen molar-refractivity contribution < 1.29 is 18.7 Å². The van der Waals surface area contributed by atoms with Gasteiger partial charge in [0.2, 0.25) is 0 Å². The molecule has 0 aliphatic carbocycles. The second-order valence-corrected chi connectivity index (χ2v) is 6.11. The highest BCUT2D eigenvalue weighted by atomic mass is 35.5. The van der Waals surface area contributed by atoms with Gasteiger partial charge in [-0.3, -0.25) is 4.79 Å². The van der Waals surface area contributed by atoms with Crippen molar-refractivity contribution >= 4 is 17.5 Å². The molecule has 0 heterocycles. The Morgan fingerprint density at radius 2 is 2.12 bits per heavy atom. The van der Waals surface area contributed by atoms with Crippen LogP contribution in [0.5, 0.6) is 5.75 Å². The monoisotopic (exact) mass is 382 g/mol. The molecule has 0 unspecified atom stereocenters. The van der Waals surface area contributed by atoms with E-state index < -0.39 is 11.7 Å². The molecule has 1 aromatic carbocycles. The van der Waals surface area contributed by atoms with Gasteiger partial charge >= 0.3 is 0 Å². The Morgan fingerprint density at radius 3 is 2.62 bits per heavy atom. The molecule has 0 aliphatic rings. The molecule has 142 valence electrons. The molecule has 0 saturated heterocycles. The molecular formula is C19H24ClFN2O3. The molecule has 1 rings (SSSR count). The topological polar surface area (TPSA) is 50.8 Å². The zero-order valence-electron chi connectivity index (χ0n) is 15.3. The number of carbonyl (C=O) groups is 1. The van der Waals surface area contributed by atoms with Crippen LogP contribution in [0.1, 0.15) is 5.56 Å². The van der Waals surface area contributed by atoms with Gasteiger partial charge in [-0.05, 0) is 37.9 Å². The Bertz CT molecular complexity index is 702. The maximum absolute atomic E-state index is 13.7. The first-order valence-electron chi connectivity index (χ1n) is 7.89. The Labute approximate surface area is 158 Å². The summed E-state index contributed by atoms with van der Waals surface area (Å²) in [6.07, 6.45) is 1.41. The zero-order chi connectivity index (χ0) is 19.7. The number of hydrogen-bond acceptors (Lipinski definition) is 4. The van der Waals surface area contributed by atoms with Gasteiger partial charge < -0.3 is 19.7 Å². The quantitative estimate of drug-likeness (QED) is 0.383. The molecule has 26 heavy (non-hydrogen) atoms. The van der Waals surface area contributed by atoms with E-state index in [1.807, 2.05) is 19.0 Å². The van der Waals surface area contributed by atoms with Crippen LogP contribution >= 0.6 is 11.6 Å². The number of nitrogens with one attached hydrogen (secondary N) is 1. The number of benzene rings is 1. The fourth-order valence-electron chi connectivity index (χ4n) is 2.03. The van der Waals surface area contributed by atoms with Crippen LogP contribution in [-0.4, -0.2) is 45.2 Å². The lowest BCUT2D eigenvalue weighted by Crippen LogP contribution is -2.26. The van der Waals surface area contributed by atoms with Gasteiger partial charge in [-0.1, -0.05) is 30.8 Å². The van der Waals surface area contributed by atoms with Crippen molar-refractivity contribution in [2.24, 2.45) is 0 Å². The number of likely N-dealkylation sites (N-methyl/N-ethyl adjacent to an activating group) is 1. The van der Waals surface area contributed by atoms with Gasteiger partial charge in [0.1, 0.15) is 12.4 Å². The third-order valence-corrected chi connectivity index (χ3v) is 3.58. The third kappa shape index (κ3) is 6.54.